The quantitative estimate of drug-likeness (QED) is 0.332. The number of thiophene rings is 1. The highest BCUT2D eigenvalue weighted by Gasteiger charge is 2.22. The number of benzene rings is 3. The van der Waals surface area contributed by atoms with Crippen LogP contribution in [0.1, 0.15) is 15.2 Å². The van der Waals surface area contributed by atoms with Crippen molar-refractivity contribution in [2.45, 2.75) is 6.54 Å². The lowest BCUT2D eigenvalue weighted by Crippen LogP contribution is -2.37. The van der Waals surface area contributed by atoms with E-state index in [4.69, 9.17) is 23.2 Å². The average Bonchev–Trinajstić information content (AvgIpc) is 3.21. The number of nitrogens with zero attached hydrogens (tertiary/aromatic N) is 1. The molecule has 4 nitrogen and oxygen atoms in total. The molecule has 162 valence electrons. The summed E-state index contributed by atoms with van der Waals surface area (Å²) in [5.74, 6) is -1.29. The monoisotopic (exact) mass is 486 g/mol. The second kappa shape index (κ2) is 9.69. The molecule has 0 saturated heterocycles. The first-order chi connectivity index (χ1) is 15.4. The largest absolute Gasteiger partial charge is 0.324 e. The van der Waals surface area contributed by atoms with Crippen molar-refractivity contribution in [1.29, 1.82) is 0 Å². The van der Waals surface area contributed by atoms with Crippen LogP contribution >= 0.6 is 34.5 Å². The molecule has 0 atom stereocenters. The fourth-order valence-electron chi connectivity index (χ4n) is 3.22. The van der Waals surface area contributed by atoms with Gasteiger partial charge in [0.05, 0.1) is 9.90 Å². The minimum absolute atomic E-state index is 0.0999. The zero-order valence-corrected chi connectivity index (χ0v) is 19.0. The van der Waals surface area contributed by atoms with Crippen LogP contribution < -0.4 is 5.32 Å². The molecule has 8 heteroatoms. The Bertz CT molecular complexity index is 1280. The molecule has 1 N–H and O–H groups in total. The summed E-state index contributed by atoms with van der Waals surface area (Å²) < 4.78 is 14.4. The van der Waals surface area contributed by atoms with E-state index in [1.165, 1.54) is 34.4 Å². The van der Waals surface area contributed by atoms with Gasteiger partial charge in [0.2, 0.25) is 5.91 Å². The molecule has 1 aromatic heterocycles. The molecule has 2 amide bonds. The van der Waals surface area contributed by atoms with Gasteiger partial charge < -0.3 is 10.2 Å². The van der Waals surface area contributed by atoms with Gasteiger partial charge in [0, 0.05) is 22.0 Å². The summed E-state index contributed by atoms with van der Waals surface area (Å²) in [5.41, 5.74) is 1.06. The molecule has 0 radical (unpaired) electrons. The number of anilines is 1. The van der Waals surface area contributed by atoms with Crippen LogP contribution in [0.2, 0.25) is 10.0 Å². The van der Waals surface area contributed by atoms with Crippen molar-refractivity contribution >= 4 is 62.1 Å². The van der Waals surface area contributed by atoms with Crippen LogP contribution in [0.25, 0.3) is 10.1 Å². The molecule has 3 aromatic carbocycles. The van der Waals surface area contributed by atoms with Crippen LogP contribution in [-0.4, -0.2) is 23.3 Å². The van der Waals surface area contributed by atoms with Crippen LogP contribution in [0.3, 0.4) is 0 Å². The van der Waals surface area contributed by atoms with E-state index < -0.39 is 11.7 Å². The summed E-state index contributed by atoms with van der Waals surface area (Å²) in [6.45, 7) is -0.0579. The fraction of sp³-hybridized carbons (Fsp3) is 0.0833. The van der Waals surface area contributed by atoms with E-state index in [2.05, 4.69) is 5.32 Å². The number of hydrogen-bond donors (Lipinski definition) is 1. The molecule has 0 unspecified atom stereocenters. The minimum atomic E-state index is -0.579. The molecular formula is C24H17Cl2FN2O2S. The van der Waals surface area contributed by atoms with Crippen molar-refractivity contribution in [3.8, 4) is 0 Å². The normalized spacial score (nSPS) is 10.8. The van der Waals surface area contributed by atoms with E-state index in [0.717, 1.165) is 15.6 Å². The zero-order valence-electron chi connectivity index (χ0n) is 16.6. The highest BCUT2D eigenvalue weighted by Crippen LogP contribution is 2.27. The zero-order chi connectivity index (χ0) is 22.7. The Hall–Kier alpha value is -2.93. The predicted molar refractivity (Wildman–Crippen MR) is 128 cm³/mol. The van der Waals surface area contributed by atoms with Crippen LogP contribution in [-0.2, 0) is 11.3 Å². The topological polar surface area (TPSA) is 49.4 Å². The second-order valence-electron chi connectivity index (χ2n) is 7.08. The van der Waals surface area contributed by atoms with Crippen molar-refractivity contribution in [3.05, 3.63) is 99.1 Å². The van der Waals surface area contributed by atoms with Crippen LogP contribution in [0.15, 0.2) is 72.8 Å². The van der Waals surface area contributed by atoms with E-state index in [9.17, 15) is 14.0 Å². The first-order valence-corrected chi connectivity index (χ1v) is 11.2. The predicted octanol–water partition coefficient (Wildman–Crippen LogP) is 6.63. The summed E-state index contributed by atoms with van der Waals surface area (Å²) in [7, 11) is 0. The van der Waals surface area contributed by atoms with E-state index in [0.29, 0.717) is 15.6 Å². The molecule has 0 aliphatic carbocycles. The standard InChI is InChI=1S/C24H17Cl2FN2O2S/c25-18-7-3-1-6-16(18)13-29(14-23(30)28-17-9-10-20(27)19(26)12-17)24(31)22-11-15-5-2-4-8-21(15)32-22/h1-12H,13-14H2,(H,28,30). The summed E-state index contributed by atoms with van der Waals surface area (Å²) in [4.78, 5) is 28.1. The first-order valence-electron chi connectivity index (χ1n) is 9.67. The molecule has 32 heavy (non-hydrogen) atoms. The number of amides is 2. The van der Waals surface area contributed by atoms with Crippen LogP contribution in [0.5, 0.6) is 0 Å². The lowest BCUT2D eigenvalue weighted by atomic mass is 10.2. The molecule has 0 bridgehead atoms. The van der Waals surface area contributed by atoms with Crippen molar-refractivity contribution in [2.24, 2.45) is 0 Å². The van der Waals surface area contributed by atoms with Gasteiger partial charge in [-0.15, -0.1) is 11.3 Å². The Morgan fingerprint density at radius 1 is 0.938 bits per heavy atom. The van der Waals surface area contributed by atoms with Gasteiger partial charge in [-0.2, -0.15) is 0 Å². The molecule has 1 heterocycles. The van der Waals surface area contributed by atoms with Crippen molar-refractivity contribution in [2.75, 3.05) is 11.9 Å². The summed E-state index contributed by atoms with van der Waals surface area (Å²) >= 11 is 13.5. The van der Waals surface area contributed by atoms with Gasteiger partial charge in [-0.3, -0.25) is 9.59 Å². The van der Waals surface area contributed by atoms with E-state index in [1.54, 1.807) is 12.1 Å². The van der Waals surface area contributed by atoms with Crippen LogP contribution in [0, 0.1) is 5.82 Å². The van der Waals surface area contributed by atoms with E-state index >= 15 is 0 Å². The maximum Gasteiger partial charge on any atom is 0.264 e. The molecule has 0 fully saturated rings. The summed E-state index contributed by atoms with van der Waals surface area (Å²) in [6, 6.07) is 20.6. The number of carbonyl (C=O) groups is 2. The van der Waals surface area contributed by atoms with E-state index in [1.807, 2.05) is 42.5 Å². The Kier molecular flexibility index (Phi) is 6.74. The third kappa shape index (κ3) is 5.10. The average molecular weight is 487 g/mol. The molecule has 0 saturated carbocycles. The van der Waals surface area contributed by atoms with Gasteiger partial charge in [-0.1, -0.05) is 59.6 Å². The molecule has 4 aromatic rings. The minimum Gasteiger partial charge on any atom is -0.324 e. The highest BCUT2D eigenvalue weighted by molar-refractivity contribution is 7.20. The third-order valence-electron chi connectivity index (χ3n) is 4.78. The van der Waals surface area contributed by atoms with Gasteiger partial charge in [0.25, 0.3) is 5.91 Å². The van der Waals surface area contributed by atoms with Gasteiger partial charge in [-0.05, 0) is 47.3 Å². The van der Waals surface area contributed by atoms with Gasteiger partial charge in [0.15, 0.2) is 0 Å². The van der Waals surface area contributed by atoms with Gasteiger partial charge in [0.1, 0.15) is 12.4 Å². The number of carbonyl (C=O) groups excluding carboxylic acids is 2. The lowest BCUT2D eigenvalue weighted by molar-refractivity contribution is -0.117. The Morgan fingerprint density at radius 3 is 2.44 bits per heavy atom. The number of nitrogens with one attached hydrogen (secondary N) is 1. The fourth-order valence-corrected chi connectivity index (χ4v) is 4.63. The van der Waals surface area contributed by atoms with Crippen molar-refractivity contribution in [1.82, 2.24) is 4.90 Å². The van der Waals surface area contributed by atoms with Crippen LogP contribution in [0.4, 0.5) is 10.1 Å². The number of halogens is 3. The Morgan fingerprint density at radius 2 is 1.69 bits per heavy atom. The van der Waals surface area contributed by atoms with E-state index in [-0.39, 0.29) is 24.0 Å². The van der Waals surface area contributed by atoms with Crippen molar-refractivity contribution < 1.29 is 14.0 Å². The second-order valence-corrected chi connectivity index (χ2v) is 8.98. The molecule has 0 aliphatic rings. The maximum absolute atomic E-state index is 13.4. The molecule has 0 spiro atoms. The molecular weight excluding hydrogens is 470 g/mol. The maximum atomic E-state index is 13.4. The van der Waals surface area contributed by atoms with Gasteiger partial charge in [-0.25, -0.2) is 4.39 Å². The smallest absolute Gasteiger partial charge is 0.264 e. The van der Waals surface area contributed by atoms with Gasteiger partial charge >= 0.3 is 0 Å². The molecule has 0 aliphatic heterocycles. The first kappa shape index (κ1) is 22.3. The summed E-state index contributed by atoms with van der Waals surface area (Å²) in [6.07, 6.45) is 0. The number of hydrogen-bond acceptors (Lipinski definition) is 3. The van der Waals surface area contributed by atoms with Crippen molar-refractivity contribution in [3.63, 3.8) is 0 Å². The lowest BCUT2D eigenvalue weighted by Gasteiger charge is -2.22. The number of fused-ring (bicyclic) bond motifs is 1. The Balaban J connectivity index is 1.59. The SMILES string of the molecule is O=C(CN(Cc1ccccc1Cl)C(=O)c1cc2ccccc2s1)Nc1ccc(F)c(Cl)c1. The third-order valence-corrected chi connectivity index (χ3v) is 6.54. The summed E-state index contributed by atoms with van der Waals surface area (Å²) in [5, 5.41) is 4.03. The Labute approximate surface area is 198 Å². The molecule has 4 rings (SSSR count). The highest BCUT2D eigenvalue weighted by atomic mass is 35.5. The number of rotatable bonds is 6.